The van der Waals surface area contributed by atoms with Crippen LogP contribution in [0.1, 0.15) is 39.3 Å². The number of rotatable bonds is 11. The summed E-state index contributed by atoms with van der Waals surface area (Å²) in [7, 11) is 0. The number of aryl methyl sites for hydroxylation is 3. The highest BCUT2D eigenvalue weighted by Gasteiger charge is 2.17. The van der Waals surface area contributed by atoms with Crippen molar-refractivity contribution in [3.63, 3.8) is 0 Å². The predicted octanol–water partition coefficient (Wildman–Crippen LogP) is 5.20. The topological polar surface area (TPSA) is 53.9 Å². The van der Waals surface area contributed by atoms with Crippen LogP contribution < -0.4 is 5.32 Å². The second-order valence-corrected chi connectivity index (χ2v) is 9.42. The number of pyridine rings is 3. The summed E-state index contributed by atoms with van der Waals surface area (Å²) < 4.78 is 0. The fraction of sp³-hybridized carbons (Fsp3) is 0.300. The zero-order valence-electron chi connectivity index (χ0n) is 21.0. The molecule has 0 amide bonds. The number of hydrogen-bond donors (Lipinski definition) is 1. The van der Waals surface area contributed by atoms with Crippen molar-refractivity contribution in [1.82, 2.24) is 25.2 Å². The molecule has 0 spiro atoms. The Bertz CT molecular complexity index is 1110. The Hall–Kier alpha value is -3.41. The number of benzene rings is 1. The molecule has 0 radical (unpaired) electrons. The summed E-state index contributed by atoms with van der Waals surface area (Å²) in [5.74, 6) is 0. The zero-order valence-corrected chi connectivity index (χ0v) is 21.0. The molecular weight excluding hydrogens is 430 g/mol. The number of nitrogens with zero attached hydrogens (tertiary/aromatic N) is 4. The highest BCUT2D eigenvalue weighted by atomic mass is 15.2. The molecule has 0 aliphatic rings. The maximum Gasteiger partial charge on any atom is 0.0544 e. The van der Waals surface area contributed by atoms with Crippen molar-refractivity contribution < 1.29 is 0 Å². The van der Waals surface area contributed by atoms with Gasteiger partial charge in [0.05, 0.1) is 17.1 Å². The SMILES string of the molecule is Cc1ccc(CNC(Cc2ccccc2)CN(Cc2ccc(C)cn2)Cc2ccc(C)cn2)nc1. The van der Waals surface area contributed by atoms with E-state index in [0.29, 0.717) is 0 Å². The summed E-state index contributed by atoms with van der Waals surface area (Å²) in [6, 6.07) is 23.7. The highest BCUT2D eigenvalue weighted by Crippen LogP contribution is 2.13. The van der Waals surface area contributed by atoms with E-state index in [1.165, 1.54) is 22.3 Å². The summed E-state index contributed by atoms with van der Waals surface area (Å²) in [5, 5.41) is 3.78. The highest BCUT2D eigenvalue weighted by molar-refractivity contribution is 5.18. The molecule has 0 fully saturated rings. The lowest BCUT2D eigenvalue weighted by Gasteiger charge is -2.28. The Balaban J connectivity index is 1.53. The van der Waals surface area contributed by atoms with E-state index in [4.69, 9.17) is 0 Å². The Morgan fingerprint density at radius 1 is 0.657 bits per heavy atom. The van der Waals surface area contributed by atoms with E-state index in [-0.39, 0.29) is 6.04 Å². The van der Waals surface area contributed by atoms with E-state index in [9.17, 15) is 0 Å². The van der Waals surface area contributed by atoms with Gasteiger partial charge >= 0.3 is 0 Å². The Morgan fingerprint density at radius 3 is 1.66 bits per heavy atom. The Labute approximate surface area is 209 Å². The third-order valence-corrected chi connectivity index (χ3v) is 6.06. The monoisotopic (exact) mass is 465 g/mol. The van der Waals surface area contributed by atoms with Crippen molar-refractivity contribution in [2.75, 3.05) is 6.54 Å². The van der Waals surface area contributed by atoms with Crippen molar-refractivity contribution in [2.24, 2.45) is 0 Å². The van der Waals surface area contributed by atoms with Crippen LogP contribution in [0.25, 0.3) is 0 Å². The van der Waals surface area contributed by atoms with E-state index in [1.54, 1.807) is 0 Å². The molecule has 180 valence electrons. The molecule has 1 N–H and O–H groups in total. The van der Waals surface area contributed by atoms with E-state index < -0.39 is 0 Å². The largest absolute Gasteiger partial charge is 0.307 e. The molecule has 1 aromatic carbocycles. The minimum Gasteiger partial charge on any atom is -0.307 e. The maximum absolute atomic E-state index is 4.67. The molecule has 0 saturated carbocycles. The van der Waals surface area contributed by atoms with Gasteiger partial charge in [0.2, 0.25) is 0 Å². The van der Waals surface area contributed by atoms with Crippen LogP contribution in [-0.2, 0) is 26.1 Å². The van der Waals surface area contributed by atoms with Gasteiger partial charge in [0.15, 0.2) is 0 Å². The van der Waals surface area contributed by atoms with E-state index in [0.717, 1.165) is 49.7 Å². The van der Waals surface area contributed by atoms with Crippen LogP contribution in [0.3, 0.4) is 0 Å². The summed E-state index contributed by atoms with van der Waals surface area (Å²) >= 11 is 0. The fourth-order valence-electron chi connectivity index (χ4n) is 4.09. The molecular formula is C30H35N5. The number of hydrogen-bond acceptors (Lipinski definition) is 5. The quantitative estimate of drug-likeness (QED) is 0.330. The van der Waals surface area contributed by atoms with Crippen LogP contribution in [0.2, 0.25) is 0 Å². The minimum atomic E-state index is 0.247. The van der Waals surface area contributed by atoms with E-state index in [2.05, 4.69) is 113 Å². The first-order chi connectivity index (χ1) is 17.0. The molecule has 0 saturated heterocycles. The zero-order chi connectivity index (χ0) is 24.5. The van der Waals surface area contributed by atoms with Crippen molar-refractivity contribution >= 4 is 0 Å². The van der Waals surface area contributed by atoms with Crippen LogP contribution in [0.4, 0.5) is 0 Å². The lowest BCUT2D eigenvalue weighted by atomic mass is 10.0. The molecule has 0 aliphatic carbocycles. The summed E-state index contributed by atoms with van der Waals surface area (Å²) in [5.41, 5.74) is 8.05. The average Bonchev–Trinajstić information content (AvgIpc) is 2.87. The summed E-state index contributed by atoms with van der Waals surface area (Å²) in [6.45, 7) is 9.35. The van der Waals surface area contributed by atoms with Crippen molar-refractivity contribution in [1.29, 1.82) is 0 Å². The van der Waals surface area contributed by atoms with Gasteiger partial charge < -0.3 is 5.32 Å². The Kier molecular flexibility index (Phi) is 8.71. The molecule has 0 bridgehead atoms. The van der Waals surface area contributed by atoms with Crippen LogP contribution in [0.5, 0.6) is 0 Å². The van der Waals surface area contributed by atoms with Crippen molar-refractivity contribution in [2.45, 2.75) is 52.9 Å². The fourth-order valence-corrected chi connectivity index (χ4v) is 4.09. The van der Waals surface area contributed by atoms with Gasteiger partial charge in [-0.15, -0.1) is 0 Å². The molecule has 0 aliphatic heterocycles. The number of nitrogens with one attached hydrogen (secondary N) is 1. The van der Waals surface area contributed by atoms with Crippen LogP contribution in [-0.4, -0.2) is 32.4 Å². The molecule has 3 aromatic heterocycles. The van der Waals surface area contributed by atoms with Crippen molar-refractivity contribution in [3.05, 3.63) is 125 Å². The van der Waals surface area contributed by atoms with E-state index in [1.807, 2.05) is 18.6 Å². The molecule has 1 unspecified atom stereocenters. The van der Waals surface area contributed by atoms with Gasteiger partial charge in [0.25, 0.3) is 0 Å². The van der Waals surface area contributed by atoms with Gasteiger partial charge in [-0.25, -0.2) is 0 Å². The molecule has 4 aromatic rings. The molecule has 5 nitrogen and oxygen atoms in total. The molecule has 4 rings (SSSR count). The van der Waals surface area contributed by atoms with Gasteiger partial charge in [0.1, 0.15) is 0 Å². The van der Waals surface area contributed by atoms with Crippen LogP contribution in [0, 0.1) is 20.8 Å². The summed E-state index contributed by atoms with van der Waals surface area (Å²) in [6.07, 6.45) is 6.76. The first-order valence-corrected chi connectivity index (χ1v) is 12.3. The molecule has 35 heavy (non-hydrogen) atoms. The van der Waals surface area contributed by atoms with Gasteiger partial charge in [0, 0.05) is 50.8 Å². The lowest BCUT2D eigenvalue weighted by molar-refractivity contribution is 0.218. The maximum atomic E-state index is 4.67. The van der Waals surface area contributed by atoms with Crippen molar-refractivity contribution in [3.8, 4) is 0 Å². The molecule has 3 heterocycles. The standard InChI is InChI=1S/C30H35N5/c1-23-9-12-27(31-16-23)19-34-30(15-26-7-5-4-6-8-26)22-35(20-28-13-10-24(2)17-32-28)21-29-14-11-25(3)18-33-29/h4-14,16-18,30,34H,15,19-22H2,1-3H3. The van der Waals surface area contributed by atoms with Crippen LogP contribution in [0.15, 0.2) is 85.3 Å². The number of aromatic nitrogens is 3. The van der Waals surface area contributed by atoms with Gasteiger partial charge in [-0.1, -0.05) is 48.5 Å². The third-order valence-electron chi connectivity index (χ3n) is 6.06. The second-order valence-electron chi connectivity index (χ2n) is 9.42. The van der Waals surface area contributed by atoms with Crippen LogP contribution >= 0.6 is 0 Å². The lowest BCUT2D eigenvalue weighted by Crippen LogP contribution is -2.42. The normalized spacial score (nSPS) is 12.1. The summed E-state index contributed by atoms with van der Waals surface area (Å²) in [4.78, 5) is 16.4. The minimum absolute atomic E-state index is 0.247. The van der Waals surface area contributed by atoms with E-state index >= 15 is 0 Å². The first-order valence-electron chi connectivity index (χ1n) is 12.3. The Morgan fingerprint density at radius 2 is 1.17 bits per heavy atom. The average molecular weight is 466 g/mol. The first kappa shape index (κ1) is 24.7. The smallest absolute Gasteiger partial charge is 0.0544 e. The molecule has 1 atom stereocenters. The molecule has 5 heteroatoms. The van der Waals surface area contributed by atoms with Gasteiger partial charge in [-0.3, -0.25) is 19.9 Å². The van der Waals surface area contributed by atoms with Gasteiger partial charge in [-0.2, -0.15) is 0 Å². The predicted molar refractivity (Wildman–Crippen MR) is 142 cm³/mol. The van der Waals surface area contributed by atoms with Gasteiger partial charge in [-0.05, 0) is 67.6 Å². The second kappa shape index (κ2) is 12.3. The third kappa shape index (κ3) is 8.09.